The molecule has 4 heteroatoms. The van der Waals surface area contributed by atoms with Gasteiger partial charge in [0.2, 0.25) is 0 Å². The van der Waals surface area contributed by atoms with Crippen LogP contribution in [0, 0.1) is 0 Å². The van der Waals surface area contributed by atoms with Crippen LogP contribution in [-0.2, 0) is 4.74 Å². The summed E-state index contributed by atoms with van der Waals surface area (Å²) >= 11 is 0. The van der Waals surface area contributed by atoms with Crippen LogP contribution >= 0.6 is 0 Å². The maximum atomic E-state index is 8.64. The molecule has 8 heavy (non-hydrogen) atoms. The molecule has 0 radical (unpaired) electrons. The first-order valence-electron chi connectivity index (χ1n) is 2.37. The minimum Gasteiger partial charge on any atom is -0.388 e. The van der Waals surface area contributed by atoms with E-state index in [2.05, 4.69) is 4.74 Å². The number of ether oxygens (including phenoxy) is 1. The molecule has 0 bridgehead atoms. The SMILES string of the molecule is O[C@H]1[C@H](O)CO[C@@H]1O. The molecular weight excluding hydrogens is 112 g/mol. The third-order valence-corrected chi connectivity index (χ3v) is 1.12. The molecule has 1 saturated heterocycles. The zero-order valence-electron chi connectivity index (χ0n) is 4.19. The van der Waals surface area contributed by atoms with Gasteiger partial charge in [-0.15, -0.1) is 0 Å². The number of hydrogen-bond donors (Lipinski definition) is 3. The number of aliphatic hydroxyl groups excluding tert-OH is 3. The maximum absolute atomic E-state index is 8.64. The Balaban J connectivity index is 2.44. The Hall–Kier alpha value is -0.160. The van der Waals surface area contributed by atoms with Crippen molar-refractivity contribution in [1.82, 2.24) is 0 Å². The Morgan fingerprint density at radius 2 is 1.88 bits per heavy atom. The molecule has 48 valence electrons. The molecule has 0 saturated carbocycles. The Bertz CT molecular complexity index is 74.1. The van der Waals surface area contributed by atoms with Crippen molar-refractivity contribution in [3.05, 3.63) is 0 Å². The van der Waals surface area contributed by atoms with Crippen molar-refractivity contribution < 1.29 is 20.1 Å². The first-order chi connectivity index (χ1) is 3.72. The van der Waals surface area contributed by atoms with E-state index in [1.165, 1.54) is 0 Å². The molecule has 0 amide bonds. The topological polar surface area (TPSA) is 69.9 Å². The Kier molecular flexibility index (Phi) is 1.48. The van der Waals surface area contributed by atoms with Crippen LogP contribution in [0.1, 0.15) is 0 Å². The molecule has 0 spiro atoms. The van der Waals surface area contributed by atoms with Crippen molar-refractivity contribution >= 4 is 0 Å². The average molecular weight is 120 g/mol. The lowest BCUT2D eigenvalue weighted by atomic mass is 10.2. The zero-order chi connectivity index (χ0) is 6.15. The summed E-state index contributed by atoms with van der Waals surface area (Å²) in [5.41, 5.74) is 0. The highest BCUT2D eigenvalue weighted by atomic mass is 16.6. The minimum atomic E-state index is -1.20. The van der Waals surface area contributed by atoms with Crippen LogP contribution in [0.2, 0.25) is 0 Å². The molecule has 0 aromatic heterocycles. The van der Waals surface area contributed by atoms with E-state index in [1.807, 2.05) is 0 Å². The minimum absolute atomic E-state index is 0.0162. The van der Waals surface area contributed by atoms with Crippen molar-refractivity contribution in [2.45, 2.75) is 18.5 Å². The standard InChI is InChI=1S/C4H8O4/c5-2-1-8-4(7)3(2)6/h2-7H,1H2/t2-,3+,4+/m1/s1. The van der Waals surface area contributed by atoms with Crippen LogP contribution in [0.3, 0.4) is 0 Å². The Morgan fingerprint density at radius 3 is 2.00 bits per heavy atom. The maximum Gasteiger partial charge on any atom is 0.183 e. The van der Waals surface area contributed by atoms with Crippen molar-refractivity contribution in [3.63, 3.8) is 0 Å². The van der Waals surface area contributed by atoms with Gasteiger partial charge in [-0.25, -0.2) is 0 Å². The molecule has 0 aliphatic carbocycles. The fourth-order valence-electron chi connectivity index (χ4n) is 0.584. The second-order valence-electron chi connectivity index (χ2n) is 1.78. The summed E-state index contributed by atoms with van der Waals surface area (Å²) in [5.74, 6) is 0. The zero-order valence-corrected chi connectivity index (χ0v) is 4.19. The van der Waals surface area contributed by atoms with Crippen molar-refractivity contribution in [1.29, 1.82) is 0 Å². The summed E-state index contributed by atoms with van der Waals surface area (Å²) < 4.78 is 4.43. The lowest BCUT2D eigenvalue weighted by Crippen LogP contribution is -2.29. The smallest absolute Gasteiger partial charge is 0.183 e. The summed E-state index contributed by atoms with van der Waals surface area (Å²) in [7, 11) is 0. The average Bonchev–Trinajstić information content (AvgIpc) is 1.98. The second-order valence-corrected chi connectivity index (χ2v) is 1.78. The normalized spacial score (nSPS) is 47.6. The molecule has 0 aromatic rings. The van der Waals surface area contributed by atoms with E-state index in [9.17, 15) is 0 Å². The fourth-order valence-corrected chi connectivity index (χ4v) is 0.584. The lowest BCUT2D eigenvalue weighted by Gasteiger charge is -2.06. The molecule has 1 aliphatic rings. The van der Waals surface area contributed by atoms with E-state index in [-0.39, 0.29) is 6.61 Å². The van der Waals surface area contributed by atoms with Crippen LogP contribution in [-0.4, -0.2) is 40.4 Å². The molecule has 3 N–H and O–H groups in total. The predicted octanol–water partition coefficient (Wildman–Crippen LogP) is -1.94. The molecular formula is C4H8O4. The molecule has 1 aliphatic heterocycles. The number of hydrogen-bond acceptors (Lipinski definition) is 4. The van der Waals surface area contributed by atoms with Crippen LogP contribution < -0.4 is 0 Å². The van der Waals surface area contributed by atoms with E-state index >= 15 is 0 Å². The first-order valence-corrected chi connectivity index (χ1v) is 2.37. The summed E-state index contributed by atoms with van der Waals surface area (Å²) in [6.45, 7) is 0.0162. The Labute approximate surface area is 46.3 Å². The van der Waals surface area contributed by atoms with E-state index in [0.717, 1.165) is 0 Å². The molecule has 1 fully saturated rings. The van der Waals surface area contributed by atoms with Gasteiger partial charge in [-0.2, -0.15) is 0 Å². The molecule has 1 heterocycles. The van der Waals surface area contributed by atoms with Gasteiger partial charge in [0.25, 0.3) is 0 Å². The van der Waals surface area contributed by atoms with Crippen molar-refractivity contribution in [2.24, 2.45) is 0 Å². The largest absolute Gasteiger partial charge is 0.388 e. The van der Waals surface area contributed by atoms with Gasteiger partial charge in [0, 0.05) is 0 Å². The highest BCUT2D eigenvalue weighted by Crippen LogP contribution is 2.10. The monoisotopic (exact) mass is 120 g/mol. The summed E-state index contributed by atoms with van der Waals surface area (Å²) in [6, 6.07) is 0. The molecule has 3 atom stereocenters. The quantitative estimate of drug-likeness (QED) is 0.348. The summed E-state index contributed by atoms with van der Waals surface area (Å²) in [6.07, 6.45) is -3.26. The fraction of sp³-hybridized carbons (Fsp3) is 1.00. The van der Waals surface area contributed by atoms with Crippen LogP contribution in [0.5, 0.6) is 0 Å². The molecule has 1 rings (SSSR count). The first kappa shape index (κ1) is 5.97. The third-order valence-electron chi connectivity index (χ3n) is 1.12. The van der Waals surface area contributed by atoms with Gasteiger partial charge in [-0.3, -0.25) is 0 Å². The van der Waals surface area contributed by atoms with Gasteiger partial charge in [-0.05, 0) is 0 Å². The van der Waals surface area contributed by atoms with Gasteiger partial charge in [0.05, 0.1) is 6.61 Å². The van der Waals surface area contributed by atoms with Gasteiger partial charge in [-0.1, -0.05) is 0 Å². The number of rotatable bonds is 0. The van der Waals surface area contributed by atoms with Gasteiger partial charge in [0.15, 0.2) is 6.29 Å². The predicted molar refractivity (Wildman–Crippen MR) is 24.0 cm³/mol. The van der Waals surface area contributed by atoms with E-state index in [1.54, 1.807) is 0 Å². The Morgan fingerprint density at radius 1 is 1.25 bits per heavy atom. The highest BCUT2D eigenvalue weighted by molar-refractivity contribution is 4.75. The second kappa shape index (κ2) is 1.99. The van der Waals surface area contributed by atoms with Gasteiger partial charge < -0.3 is 20.1 Å². The van der Waals surface area contributed by atoms with E-state index in [4.69, 9.17) is 15.3 Å². The highest BCUT2D eigenvalue weighted by Gasteiger charge is 2.32. The van der Waals surface area contributed by atoms with Crippen LogP contribution in [0.15, 0.2) is 0 Å². The molecule has 0 unspecified atom stereocenters. The third kappa shape index (κ3) is 0.830. The number of aliphatic hydroxyl groups is 3. The lowest BCUT2D eigenvalue weighted by molar-refractivity contribution is -0.111. The van der Waals surface area contributed by atoms with Crippen molar-refractivity contribution in [2.75, 3.05) is 6.61 Å². The molecule has 0 aromatic carbocycles. The van der Waals surface area contributed by atoms with E-state index in [0.29, 0.717) is 0 Å². The molecule has 4 nitrogen and oxygen atoms in total. The van der Waals surface area contributed by atoms with E-state index < -0.39 is 18.5 Å². The van der Waals surface area contributed by atoms with Gasteiger partial charge >= 0.3 is 0 Å². The van der Waals surface area contributed by atoms with Gasteiger partial charge in [0.1, 0.15) is 12.2 Å². The summed E-state index contributed by atoms with van der Waals surface area (Å²) in [4.78, 5) is 0. The van der Waals surface area contributed by atoms with Crippen LogP contribution in [0.25, 0.3) is 0 Å². The summed E-state index contributed by atoms with van der Waals surface area (Å²) in [5, 5.41) is 25.8. The van der Waals surface area contributed by atoms with Crippen LogP contribution in [0.4, 0.5) is 0 Å². The van der Waals surface area contributed by atoms with Crippen molar-refractivity contribution in [3.8, 4) is 0 Å².